The lowest BCUT2D eigenvalue weighted by atomic mass is 9.84. The van der Waals surface area contributed by atoms with E-state index in [-0.39, 0.29) is 11.8 Å². The molecule has 2 atom stereocenters. The second-order valence-electron chi connectivity index (χ2n) is 9.44. The first-order valence-electron chi connectivity index (χ1n) is 10.5. The van der Waals surface area contributed by atoms with Crippen LogP contribution in [0, 0.1) is 6.92 Å². The van der Waals surface area contributed by atoms with Gasteiger partial charge in [-0.15, -0.1) is 0 Å². The maximum atomic E-state index is 13.3. The van der Waals surface area contributed by atoms with E-state index in [0.717, 1.165) is 21.6 Å². The zero-order valence-corrected chi connectivity index (χ0v) is 18.7. The number of rotatable bonds is 6. The van der Waals surface area contributed by atoms with Gasteiger partial charge in [-0.05, 0) is 48.8 Å². The summed E-state index contributed by atoms with van der Waals surface area (Å²) in [5.41, 5.74) is 2.47. The zero-order valence-electron chi connectivity index (χ0n) is 18.7. The van der Waals surface area contributed by atoms with Crippen LogP contribution in [-0.2, 0) is 27.0 Å². The highest BCUT2D eigenvalue weighted by Gasteiger charge is 2.52. The fourth-order valence-electron chi connectivity index (χ4n) is 3.86. The van der Waals surface area contributed by atoms with Crippen LogP contribution < -0.4 is 5.32 Å². The van der Waals surface area contributed by atoms with Crippen molar-refractivity contribution in [1.29, 1.82) is 0 Å². The van der Waals surface area contributed by atoms with Crippen molar-refractivity contribution in [1.82, 2.24) is 10.2 Å². The van der Waals surface area contributed by atoms with Crippen LogP contribution in [-0.4, -0.2) is 34.0 Å². The highest BCUT2D eigenvalue weighted by atomic mass is 16.4. The van der Waals surface area contributed by atoms with E-state index in [9.17, 15) is 19.5 Å². The Hall–Kier alpha value is -3.15. The third kappa shape index (κ3) is 4.48. The van der Waals surface area contributed by atoms with E-state index in [2.05, 4.69) is 26.1 Å². The number of nitrogens with one attached hydrogen (secondary N) is 1. The molecule has 1 saturated heterocycles. The van der Waals surface area contributed by atoms with Crippen molar-refractivity contribution in [3.63, 3.8) is 0 Å². The van der Waals surface area contributed by atoms with Crippen LogP contribution in [0.3, 0.4) is 0 Å². The molecule has 3 amide bonds. The molecule has 31 heavy (non-hydrogen) atoms. The highest BCUT2D eigenvalue weighted by molar-refractivity contribution is 6.09. The molecule has 2 N–H and O–H groups in total. The van der Waals surface area contributed by atoms with E-state index in [4.69, 9.17) is 0 Å². The molecule has 164 valence electrons. The van der Waals surface area contributed by atoms with Gasteiger partial charge in [0.2, 0.25) is 0 Å². The zero-order chi connectivity index (χ0) is 23.0. The van der Waals surface area contributed by atoms with Crippen LogP contribution >= 0.6 is 0 Å². The summed E-state index contributed by atoms with van der Waals surface area (Å²) in [6.45, 7) is 9.89. The van der Waals surface area contributed by atoms with Crippen LogP contribution in [0.25, 0.3) is 0 Å². The largest absolute Gasteiger partial charge is 0.480 e. The van der Waals surface area contributed by atoms with E-state index in [1.54, 1.807) is 6.92 Å². The Bertz CT molecular complexity index is 990. The molecule has 2 aromatic carbocycles. The Morgan fingerprint density at radius 1 is 1.06 bits per heavy atom. The summed E-state index contributed by atoms with van der Waals surface area (Å²) in [4.78, 5) is 38.9. The smallest absolute Gasteiger partial charge is 0.327 e. The average Bonchev–Trinajstić information content (AvgIpc) is 2.93. The number of hydrogen-bond donors (Lipinski definition) is 2. The van der Waals surface area contributed by atoms with Crippen LogP contribution in [0.5, 0.6) is 0 Å². The van der Waals surface area contributed by atoms with Crippen molar-refractivity contribution < 1.29 is 19.5 Å². The lowest BCUT2D eigenvalue weighted by Crippen LogP contribution is -2.47. The normalized spacial score (nSPS) is 20.0. The molecule has 0 aliphatic carbocycles. The van der Waals surface area contributed by atoms with Crippen molar-refractivity contribution in [2.45, 2.75) is 64.5 Å². The lowest BCUT2D eigenvalue weighted by molar-refractivity contribution is -0.148. The number of carbonyl (C=O) groups excluding carboxylic acids is 2. The van der Waals surface area contributed by atoms with Crippen LogP contribution in [0.1, 0.15) is 56.4 Å². The lowest BCUT2D eigenvalue weighted by Gasteiger charge is -2.26. The van der Waals surface area contributed by atoms with Gasteiger partial charge in [0.15, 0.2) is 0 Å². The fourth-order valence-corrected chi connectivity index (χ4v) is 3.86. The molecule has 2 aromatic rings. The first kappa shape index (κ1) is 22.5. The summed E-state index contributed by atoms with van der Waals surface area (Å²) < 4.78 is 0. The highest BCUT2D eigenvalue weighted by Crippen LogP contribution is 2.32. The van der Waals surface area contributed by atoms with Crippen molar-refractivity contribution in [3.05, 3.63) is 70.8 Å². The number of hydrogen-bond acceptors (Lipinski definition) is 3. The Morgan fingerprint density at radius 3 is 2.16 bits per heavy atom. The molecule has 0 radical (unpaired) electrons. The molecule has 0 aromatic heterocycles. The van der Waals surface area contributed by atoms with Crippen LogP contribution in [0.15, 0.2) is 48.5 Å². The number of aliphatic carboxylic acids is 1. The molecule has 0 spiro atoms. The number of amides is 3. The number of carboxylic acids is 1. The number of benzene rings is 2. The summed E-state index contributed by atoms with van der Waals surface area (Å²) in [7, 11) is 0. The first-order valence-corrected chi connectivity index (χ1v) is 10.5. The minimum absolute atomic E-state index is 0.0429. The van der Waals surface area contributed by atoms with Crippen molar-refractivity contribution in [3.8, 4) is 0 Å². The van der Waals surface area contributed by atoms with Gasteiger partial charge in [0.05, 0.1) is 0 Å². The molecule has 2 unspecified atom stereocenters. The fraction of sp³-hybridized carbons (Fsp3) is 0.400. The third-order valence-corrected chi connectivity index (χ3v) is 5.97. The summed E-state index contributed by atoms with van der Waals surface area (Å²) in [6, 6.07) is 13.4. The SMILES string of the molecule is Cc1ccc(CCC(C(=O)O)N2C(=O)NC(C)(c3ccc(C(C)(C)C)cc3)C2=O)cc1. The van der Waals surface area contributed by atoms with E-state index < -0.39 is 29.5 Å². The minimum atomic E-state index is -1.30. The molecule has 0 saturated carbocycles. The van der Waals surface area contributed by atoms with Crippen molar-refractivity contribution >= 4 is 17.9 Å². The number of carboxylic acid groups (broad SMARTS) is 1. The summed E-state index contributed by atoms with van der Waals surface area (Å²) in [6.07, 6.45) is 0.599. The quantitative estimate of drug-likeness (QED) is 0.685. The van der Waals surface area contributed by atoms with Gasteiger partial charge < -0.3 is 10.4 Å². The van der Waals surface area contributed by atoms with E-state index in [1.807, 2.05) is 55.5 Å². The standard InChI is InChI=1S/C25H30N2O4/c1-16-6-8-17(9-7-16)10-15-20(21(28)29)27-22(30)25(5,26-23(27)31)19-13-11-18(12-14-19)24(2,3)4/h6-9,11-14,20H,10,15H2,1-5H3,(H,26,31)(H,28,29). The van der Waals surface area contributed by atoms with Crippen molar-refractivity contribution in [2.24, 2.45) is 0 Å². The van der Waals surface area contributed by atoms with Crippen LogP contribution in [0.2, 0.25) is 0 Å². The van der Waals surface area contributed by atoms with E-state index in [0.29, 0.717) is 12.0 Å². The van der Waals surface area contributed by atoms with Gasteiger partial charge >= 0.3 is 12.0 Å². The molecule has 6 nitrogen and oxygen atoms in total. The number of urea groups is 1. The molecule has 1 aliphatic heterocycles. The summed E-state index contributed by atoms with van der Waals surface area (Å²) in [5, 5.41) is 12.5. The minimum Gasteiger partial charge on any atom is -0.480 e. The molecule has 3 rings (SSSR count). The second kappa shape index (κ2) is 8.17. The molecule has 0 bridgehead atoms. The molecule has 1 heterocycles. The predicted octanol–water partition coefficient (Wildman–Crippen LogP) is 4.15. The van der Waals surface area contributed by atoms with E-state index >= 15 is 0 Å². The van der Waals surface area contributed by atoms with Crippen LogP contribution in [0.4, 0.5) is 4.79 Å². The topological polar surface area (TPSA) is 86.7 Å². The Labute approximate surface area is 183 Å². The monoisotopic (exact) mass is 422 g/mol. The van der Waals surface area contributed by atoms with Gasteiger partial charge in [0.1, 0.15) is 11.6 Å². The average molecular weight is 423 g/mol. The Kier molecular flexibility index (Phi) is 5.94. The van der Waals surface area contributed by atoms with Gasteiger partial charge in [-0.3, -0.25) is 4.79 Å². The first-order chi connectivity index (χ1) is 14.4. The third-order valence-electron chi connectivity index (χ3n) is 5.97. The van der Waals surface area contributed by atoms with Gasteiger partial charge in [-0.2, -0.15) is 0 Å². The molecular formula is C25H30N2O4. The molecule has 1 aliphatic rings. The van der Waals surface area contributed by atoms with Gasteiger partial charge in [0.25, 0.3) is 5.91 Å². The number of nitrogens with zero attached hydrogens (tertiary/aromatic N) is 1. The van der Waals surface area contributed by atoms with E-state index in [1.165, 1.54) is 0 Å². The maximum Gasteiger partial charge on any atom is 0.327 e. The second-order valence-corrected chi connectivity index (χ2v) is 9.44. The Balaban J connectivity index is 1.84. The maximum absolute atomic E-state index is 13.3. The predicted molar refractivity (Wildman–Crippen MR) is 119 cm³/mol. The van der Waals surface area contributed by atoms with Gasteiger partial charge in [0, 0.05) is 0 Å². The number of carbonyl (C=O) groups is 3. The van der Waals surface area contributed by atoms with Gasteiger partial charge in [-0.25, -0.2) is 14.5 Å². The number of aryl methyl sites for hydroxylation is 2. The summed E-state index contributed by atoms with van der Waals surface area (Å²) >= 11 is 0. The molecule has 6 heteroatoms. The van der Waals surface area contributed by atoms with Gasteiger partial charge in [-0.1, -0.05) is 74.9 Å². The summed E-state index contributed by atoms with van der Waals surface area (Å²) in [5.74, 6) is -1.74. The van der Waals surface area contributed by atoms with Crippen molar-refractivity contribution in [2.75, 3.05) is 0 Å². The number of imide groups is 1. The molecular weight excluding hydrogens is 392 g/mol. The Morgan fingerprint density at radius 2 is 1.65 bits per heavy atom. The molecule has 1 fully saturated rings.